The molecule has 1 aromatic rings. The number of nitrogens with zero attached hydrogens (tertiary/aromatic N) is 2. The number of hydrogen-bond acceptors (Lipinski definition) is 4. The third kappa shape index (κ3) is 4.69. The Morgan fingerprint density at radius 1 is 1.47 bits per heavy atom. The average molecular weight is 287 g/mol. The fourth-order valence-electron chi connectivity index (χ4n) is 2.05. The van der Waals surface area contributed by atoms with Gasteiger partial charge in [-0.2, -0.15) is 0 Å². The van der Waals surface area contributed by atoms with Crippen molar-refractivity contribution in [1.29, 1.82) is 0 Å². The summed E-state index contributed by atoms with van der Waals surface area (Å²) in [6.07, 6.45) is 3.20. The van der Waals surface area contributed by atoms with E-state index >= 15 is 0 Å². The maximum atomic E-state index is 11.9. The molecule has 0 spiro atoms. The molecule has 0 bridgehead atoms. The van der Waals surface area contributed by atoms with E-state index in [1.165, 1.54) is 0 Å². The molecule has 0 N–H and O–H groups in total. The van der Waals surface area contributed by atoms with Crippen molar-refractivity contribution in [3.05, 3.63) is 30.1 Å². The molecule has 2 rings (SSSR count). The van der Waals surface area contributed by atoms with Crippen LogP contribution in [-0.2, 0) is 16.1 Å². The van der Waals surface area contributed by atoms with Gasteiger partial charge in [0.05, 0.1) is 25.3 Å². The minimum atomic E-state index is -0.291. The van der Waals surface area contributed by atoms with Crippen LogP contribution < -0.4 is 0 Å². The van der Waals surface area contributed by atoms with Crippen LogP contribution in [0.25, 0.3) is 0 Å². The molecule has 19 heavy (non-hydrogen) atoms. The van der Waals surface area contributed by atoms with Crippen molar-refractivity contribution in [2.24, 2.45) is 0 Å². The number of carbonyl (C=O) groups excluding carboxylic acids is 1. The Balaban J connectivity index is 0.00000180. The summed E-state index contributed by atoms with van der Waals surface area (Å²) in [5, 5.41) is 0. The lowest BCUT2D eigenvalue weighted by atomic mass is 10.2. The highest BCUT2D eigenvalue weighted by molar-refractivity contribution is 5.85. The molecule has 1 aliphatic heterocycles. The molecule has 0 radical (unpaired) electrons. The van der Waals surface area contributed by atoms with Crippen LogP contribution in [0.3, 0.4) is 0 Å². The first kappa shape index (κ1) is 15.7. The van der Waals surface area contributed by atoms with Crippen LogP contribution >= 0.6 is 12.4 Å². The Hall–Kier alpha value is -1.33. The van der Waals surface area contributed by atoms with Gasteiger partial charge in [0.1, 0.15) is 6.61 Å². The summed E-state index contributed by atoms with van der Waals surface area (Å²) in [5.41, 5.74) is 0.889. The highest BCUT2D eigenvalue weighted by Gasteiger charge is 2.26. The third-order valence-electron chi connectivity index (χ3n) is 2.76. The van der Waals surface area contributed by atoms with E-state index in [0.717, 1.165) is 5.56 Å². The minimum Gasteiger partial charge on any atom is -0.444 e. The largest absolute Gasteiger partial charge is 0.444 e. The molecule has 0 saturated carbocycles. The van der Waals surface area contributed by atoms with Gasteiger partial charge in [-0.05, 0) is 19.9 Å². The van der Waals surface area contributed by atoms with Gasteiger partial charge in [-0.15, -0.1) is 12.4 Å². The number of carbonyl (C=O) groups is 1. The summed E-state index contributed by atoms with van der Waals surface area (Å²) >= 11 is 0. The highest BCUT2D eigenvalue weighted by Crippen LogP contribution is 2.12. The molecule has 1 aliphatic rings. The summed E-state index contributed by atoms with van der Waals surface area (Å²) in [5.74, 6) is 0. The molecule has 1 saturated heterocycles. The predicted molar refractivity (Wildman–Crippen MR) is 73.3 cm³/mol. The van der Waals surface area contributed by atoms with Gasteiger partial charge in [-0.1, -0.05) is 6.07 Å². The van der Waals surface area contributed by atoms with E-state index in [0.29, 0.717) is 13.1 Å². The van der Waals surface area contributed by atoms with E-state index in [9.17, 15) is 4.79 Å². The van der Waals surface area contributed by atoms with E-state index in [2.05, 4.69) is 4.98 Å². The second-order valence-electron chi connectivity index (χ2n) is 4.58. The van der Waals surface area contributed by atoms with Gasteiger partial charge in [-0.3, -0.25) is 4.98 Å². The molecule has 1 amide bonds. The molecule has 0 aromatic carbocycles. The number of pyridine rings is 1. The van der Waals surface area contributed by atoms with Crippen molar-refractivity contribution in [2.75, 3.05) is 13.1 Å². The van der Waals surface area contributed by atoms with Crippen molar-refractivity contribution in [3.63, 3.8) is 0 Å². The second-order valence-corrected chi connectivity index (χ2v) is 4.58. The number of rotatable bonds is 2. The first-order valence-electron chi connectivity index (χ1n) is 6.11. The van der Waals surface area contributed by atoms with E-state index in [1.54, 1.807) is 17.3 Å². The van der Waals surface area contributed by atoms with E-state index in [4.69, 9.17) is 9.47 Å². The number of hydrogen-bond donors (Lipinski definition) is 0. The minimum absolute atomic E-state index is 0. The van der Waals surface area contributed by atoms with E-state index < -0.39 is 0 Å². The normalized spacial score (nSPS) is 22.5. The monoisotopic (exact) mass is 286 g/mol. The predicted octanol–water partition coefficient (Wildman–Crippen LogP) is 2.25. The van der Waals surface area contributed by atoms with Gasteiger partial charge in [0, 0.05) is 18.0 Å². The highest BCUT2D eigenvalue weighted by atomic mass is 35.5. The fraction of sp³-hybridized carbons (Fsp3) is 0.538. The lowest BCUT2D eigenvalue weighted by Gasteiger charge is -2.34. The molecule has 2 heterocycles. The van der Waals surface area contributed by atoms with Crippen molar-refractivity contribution in [1.82, 2.24) is 9.88 Å². The molecule has 5 nitrogen and oxygen atoms in total. The van der Waals surface area contributed by atoms with Crippen molar-refractivity contribution >= 4 is 18.5 Å². The van der Waals surface area contributed by atoms with Crippen LogP contribution in [0, 0.1) is 0 Å². The summed E-state index contributed by atoms with van der Waals surface area (Å²) in [7, 11) is 0. The van der Waals surface area contributed by atoms with Crippen LogP contribution in [0.15, 0.2) is 24.5 Å². The molecule has 1 aromatic heterocycles. The summed E-state index contributed by atoms with van der Waals surface area (Å²) < 4.78 is 10.8. The van der Waals surface area contributed by atoms with E-state index in [-0.39, 0.29) is 37.3 Å². The molecule has 106 valence electrons. The lowest BCUT2D eigenvalue weighted by molar-refractivity contribution is -0.0644. The van der Waals surface area contributed by atoms with Crippen LogP contribution in [0.1, 0.15) is 19.4 Å². The van der Waals surface area contributed by atoms with Crippen LogP contribution in [0.5, 0.6) is 0 Å². The van der Waals surface area contributed by atoms with Crippen LogP contribution in [-0.4, -0.2) is 41.3 Å². The zero-order valence-corrected chi connectivity index (χ0v) is 11.9. The smallest absolute Gasteiger partial charge is 0.410 e. The quantitative estimate of drug-likeness (QED) is 0.837. The van der Waals surface area contributed by atoms with Gasteiger partial charge in [-0.25, -0.2) is 4.79 Å². The van der Waals surface area contributed by atoms with Crippen molar-refractivity contribution < 1.29 is 14.3 Å². The Morgan fingerprint density at radius 3 is 2.74 bits per heavy atom. The lowest BCUT2D eigenvalue weighted by Crippen LogP contribution is -2.48. The number of ether oxygens (including phenoxy) is 2. The van der Waals surface area contributed by atoms with Gasteiger partial charge < -0.3 is 14.4 Å². The Bertz CT molecular complexity index is 392. The summed E-state index contributed by atoms with van der Waals surface area (Å²) in [4.78, 5) is 17.6. The molecule has 1 fully saturated rings. The first-order valence-corrected chi connectivity index (χ1v) is 6.11. The van der Waals surface area contributed by atoms with Gasteiger partial charge >= 0.3 is 6.09 Å². The van der Waals surface area contributed by atoms with Crippen LogP contribution in [0.2, 0.25) is 0 Å². The number of morpholine rings is 1. The first-order chi connectivity index (χ1) is 8.65. The van der Waals surface area contributed by atoms with Crippen molar-refractivity contribution in [2.45, 2.75) is 32.7 Å². The Kier molecular flexibility index (Phi) is 6.05. The average Bonchev–Trinajstić information content (AvgIpc) is 2.36. The zero-order chi connectivity index (χ0) is 13.0. The summed E-state index contributed by atoms with van der Waals surface area (Å²) in [6, 6.07) is 3.70. The van der Waals surface area contributed by atoms with Gasteiger partial charge in [0.2, 0.25) is 0 Å². The summed E-state index contributed by atoms with van der Waals surface area (Å²) in [6.45, 7) is 5.33. The topological polar surface area (TPSA) is 51.7 Å². The third-order valence-corrected chi connectivity index (χ3v) is 2.76. The van der Waals surface area contributed by atoms with Crippen molar-refractivity contribution in [3.8, 4) is 0 Å². The maximum Gasteiger partial charge on any atom is 0.410 e. The Labute approximate surface area is 119 Å². The van der Waals surface area contributed by atoms with Crippen LogP contribution in [0.4, 0.5) is 4.79 Å². The molecular formula is C13H19ClN2O3. The molecular weight excluding hydrogens is 268 g/mol. The van der Waals surface area contributed by atoms with Gasteiger partial charge in [0.15, 0.2) is 0 Å². The molecule has 0 aliphatic carbocycles. The number of aromatic nitrogens is 1. The number of halogens is 1. The van der Waals surface area contributed by atoms with E-state index in [1.807, 2.05) is 26.0 Å². The molecule has 6 heteroatoms. The van der Waals surface area contributed by atoms with Gasteiger partial charge in [0.25, 0.3) is 0 Å². The second kappa shape index (κ2) is 7.31. The zero-order valence-electron chi connectivity index (χ0n) is 11.1. The standard InChI is InChI=1S/C13H18N2O3.ClH/c1-10-7-15(8-11(2)18-10)13(16)17-9-12-4-3-5-14-6-12;/h3-6,10-11H,7-9H2,1-2H3;1H/t10-,11+;. The maximum absolute atomic E-state index is 11.9. The number of amides is 1. The Morgan fingerprint density at radius 2 is 2.16 bits per heavy atom. The molecule has 2 atom stereocenters. The SMILES string of the molecule is C[C@@H]1CN(C(=O)OCc2cccnc2)C[C@H](C)O1.Cl. The fourth-order valence-corrected chi connectivity index (χ4v) is 2.05. The molecule has 0 unspecified atom stereocenters.